The second-order valence-electron chi connectivity index (χ2n) is 5.68. The van der Waals surface area contributed by atoms with Gasteiger partial charge in [0.1, 0.15) is 6.54 Å². The number of imide groups is 1. The van der Waals surface area contributed by atoms with Crippen molar-refractivity contribution in [2.24, 2.45) is 0 Å². The molecule has 0 aromatic heterocycles. The summed E-state index contributed by atoms with van der Waals surface area (Å²) in [6.45, 7) is 2.76. The van der Waals surface area contributed by atoms with Crippen molar-refractivity contribution in [3.05, 3.63) is 35.9 Å². The Balaban J connectivity index is 1.80. The molecule has 1 heterocycles. The Kier molecular flexibility index (Phi) is 6.60. The SMILES string of the molecule is CCCCCCNC(=O)ON1C(=O)CN(Cc2ccccc2)C1=O. The first-order chi connectivity index (χ1) is 11.6. The van der Waals surface area contributed by atoms with Gasteiger partial charge in [-0.25, -0.2) is 9.59 Å². The maximum atomic E-state index is 12.2. The third kappa shape index (κ3) is 4.97. The summed E-state index contributed by atoms with van der Waals surface area (Å²) >= 11 is 0. The summed E-state index contributed by atoms with van der Waals surface area (Å²) in [5, 5.41) is 3.08. The summed E-state index contributed by atoms with van der Waals surface area (Å²) in [5.41, 5.74) is 0.904. The molecule has 1 aliphatic heterocycles. The summed E-state index contributed by atoms with van der Waals surface area (Å²) in [4.78, 5) is 42.0. The third-order valence-electron chi connectivity index (χ3n) is 3.69. The van der Waals surface area contributed by atoms with Crippen molar-refractivity contribution >= 4 is 18.0 Å². The molecule has 1 saturated heterocycles. The Hall–Kier alpha value is -2.57. The van der Waals surface area contributed by atoms with E-state index in [1.165, 1.54) is 4.90 Å². The number of rotatable bonds is 8. The summed E-state index contributed by atoms with van der Waals surface area (Å²) in [6.07, 6.45) is 3.29. The molecular formula is C17H23N3O4. The monoisotopic (exact) mass is 333 g/mol. The van der Waals surface area contributed by atoms with Crippen LogP contribution in [0.4, 0.5) is 9.59 Å². The van der Waals surface area contributed by atoms with E-state index >= 15 is 0 Å². The van der Waals surface area contributed by atoms with Crippen molar-refractivity contribution in [2.75, 3.05) is 13.1 Å². The number of unbranched alkanes of at least 4 members (excludes halogenated alkanes) is 3. The van der Waals surface area contributed by atoms with Crippen molar-refractivity contribution in [2.45, 2.75) is 39.2 Å². The lowest BCUT2D eigenvalue weighted by Gasteiger charge is -2.16. The van der Waals surface area contributed by atoms with E-state index in [4.69, 9.17) is 4.84 Å². The van der Waals surface area contributed by atoms with Crippen LogP contribution >= 0.6 is 0 Å². The number of benzene rings is 1. The predicted molar refractivity (Wildman–Crippen MR) is 87.7 cm³/mol. The smallest absolute Gasteiger partial charge is 0.320 e. The molecule has 0 saturated carbocycles. The average Bonchev–Trinajstić information content (AvgIpc) is 2.83. The number of hydrogen-bond acceptors (Lipinski definition) is 4. The molecule has 7 nitrogen and oxygen atoms in total. The molecule has 4 amide bonds. The fourth-order valence-electron chi connectivity index (χ4n) is 2.40. The summed E-state index contributed by atoms with van der Waals surface area (Å²) in [5.74, 6) is -0.544. The van der Waals surface area contributed by atoms with Gasteiger partial charge in [0.15, 0.2) is 0 Å². The van der Waals surface area contributed by atoms with Crippen molar-refractivity contribution in [3.8, 4) is 0 Å². The van der Waals surface area contributed by atoms with Crippen LogP contribution in [0.1, 0.15) is 38.2 Å². The van der Waals surface area contributed by atoms with Crippen molar-refractivity contribution in [1.29, 1.82) is 0 Å². The molecule has 0 radical (unpaired) electrons. The number of amides is 4. The van der Waals surface area contributed by atoms with E-state index in [1.807, 2.05) is 30.3 Å². The number of carbonyl (C=O) groups is 3. The fraction of sp³-hybridized carbons (Fsp3) is 0.471. The second-order valence-corrected chi connectivity index (χ2v) is 5.68. The largest absolute Gasteiger partial charge is 0.432 e. The Labute approximate surface area is 141 Å². The molecule has 1 aromatic carbocycles. The van der Waals surface area contributed by atoms with Crippen LogP contribution < -0.4 is 5.32 Å². The van der Waals surface area contributed by atoms with Gasteiger partial charge in [-0.2, -0.15) is 0 Å². The molecule has 0 spiro atoms. The van der Waals surface area contributed by atoms with Crippen molar-refractivity contribution in [3.63, 3.8) is 0 Å². The van der Waals surface area contributed by atoms with Gasteiger partial charge >= 0.3 is 12.1 Å². The molecule has 0 unspecified atom stereocenters. The van der Waals surface area contributed by atoms with Crippen LogP contribution in [0, 0.1) is 0 Å². The minimum Gasteiger partial charge on any atom is -0.320 e. The topological polar surface area (TPSA) is 79.0 Å². The lowest BCUT2D eigenvalue weighted by atomic mass is 10.2. The molecule has 0 atom stereocenters. The van der Waals surface area contributed by atoms with Gasteiger partial charge in [0, 0.05) is 13.1 Å². The minimum atomic E-state index is -0.783. The van der Waals surface area contributed by atoms with Crippen LogP contribution in [-0.4, -0.2) is 41.1 Å². The van der Waals surface area contributed by atoms with Crippen LogP contribution in [0.5, 0.6) is 0 Å². The summed E-state index contributed by atoms with van der Waals surface area (Å²) in [6, 6.07) is 8.70. The molecule has 1 aromatic rings. The van der Waals surface area contributed by atoms with Gasteiger partial charge in [0.05, 0.1) is 0 Å². The number of nitrogens with zero attached hydrogens (tertiary/aromatic N) is 2. The van der Waals surface area contributed by atoms with Gasteiger partial charge in [0.25, 0.3) is 5.91 Å². The van der Waals surface area contributed by atoms with Gasteiger partial charge in [-0.1, -0.05) is 61.6 Å². The number of hydrogen-bond donors (Lipinski definition) is 1. The molecule has 1 N–H and O–H groups in total. The van der Waals surface area contributed by atoms with E-state index in [2.05, 4.69) is 12.2 Å². The first-order valence-corrected chi connectivity index (χ1v) is 8.23. The van der Waals surface area contributed by atoms with E-state index in [9.17, 15) is 14.4 Å². The molecule has 130 valence electrons. The van der Waals surface area contributed by atoms with Crippen molar-refractivity contribution in [1.82, 2.24) is 15.3 Å². The molecule has 2 rings (SSSR count). The third-order valence-corrected chi connectivity index (χ3v) is 3.69. The average molecular weight is 333 g/mol. The van der Waals surface area contributed by atoms with Crippen LogP contribution in [0.15, 0.2) is 30.3 Å². The highest BCUT2D eigenvalue weighted by molar-refractivity contribution is 6.01. The minimum absolute atomic E-state index is 0.0997. The first kappa shape index (κ1) is 17.8. The van der Waals surface area contributed by atoms with E-state index < -0.39 is 18.0 Å². The summed E-state index contributed by atoms with van der Waals surface area (Å²) in [7, 11) is 0. The molecule has 24 heavy (non-hydrogen) atoms. The zero-order valence-corrected chi connectivity index (χ0v) is 13.9. The molecular weight excluding hydrogens is 310 g/mol. The standard InChI is InChI=1S/C17H23N3O4/c1-2-3-4-8-11-18-16(22)24-20-15(21)13-19(17(20)23)12-14-9-6-5-7-10-14/h5-7,9-10H,2-4,8,11-13H2,1H3,(H,18,22). The normalized spacial score (nSPS) is 14.2. The van der Waals surface area contributed by atoms with Crippen LogP contribution in [0.25, 0.3) is 0 Å². The van der Waals surface area contributed by atoms with Gasteiger partial charge in [-0.3, -0.25) is 4.79 Å². The quantitative estimate of drug-likeness (QED) is 0.586. The van der Waals surface area contributed by atoms with Crippen molar-refractivity contribution < 1.29 is 19.2 Å². The van der Waals surface area contributed by atoms with Gasteiger partial charge in [0.2, 0.25) is 0 Å². The van der Waals surface area contributed by atoms with Crippen LogP contribution in [-0.2, 0) is 16.2 Å². The van der Waals surface area contributed by atoms with E-state index in [0.717, 1.165) is 31.2 Å². The Bertz CT molecular complexity index is 576. The van der Waals surface area contributed by atoms with Crippen LogP contribution in [0.3, 0.4) is 0 Å². The lowest BCUT2D eigenvalue weighted by Crippen LogP contribution is -2.39. The maximum absolute atomic E-state index is 12.2. The molecule has 0 bridgehead atoms. The second kappa shape index (κ2) is 8.90. The highest BCUT2D eigenvalue weighted by atomic mass is 16.7. The van der Waals surface area contributed by atoms with E-state index in [-0.39, 0.29) is 6.54 Å². The highest BCUT2D eigenvalue weighted by Crippen LogP contribution is 2.15. The molecule has 1 fully saturated rings. The van der Waals surface area contributed by atoms with Gasteiger partial charge < -0.3 is 15.1 Å². The Morgan fingerprint density at radius 3 is 2.62 bits per heavy atom. The molecule has 0 aliphatic carbocycles. The Morgan fingerprint density at radius 2 is 1.92 bits per heavy atom. The van der Waals surface area contributed by atoms with E-state index in [1.54, 1.807) is 0 Å². The number of hydroxylamine groups is 2. The van der Waals surface area contributed by atoms with Gasteiger partial charge in [-0.15, -0.1) is 0 Å². The first-order valence-electron chi connectivity index (χ1n) is 8.23. The van der Waals surface area contributed by atoms with Crippen LogP contribution in [0.2, 0.25) is 0 Å². The zero-order chi connectivity index (χ0) is 17.4. The maximum Gasteiger partial charge on any atom is 0.432 e. The number of nitrogens with one attached hydrogen (secondary N) is 1. The number of carbonyl (C=O) groups excluding carboxylic acids is 3. The van der Waals surface area contributed by atoms with E-state index in [0.29, 0.717) is 18.2 Å². The Morgan fingerprint density at radius 1 is 1.17 bits per heavy atom. The van der Waals surface area contributed by atoms with Gasteiger partial charge in [-0.05, 0) is 12.0 Å². The lowest BCUT2D eigenvalue weighted by molar-refractivity contribution is -0.147. The molecule has 1 aliphatic rings. The summed E-state index contributed by atoms with van der Waals surface area (Å²) < 4.78 is 0. The zero-order valence-electron chi connectivity index (χ0n) is 13.9. The fourth-order valence-corrected chi connectivity index (χ4v) is 2.40. The number of urea groups is 1. The molecule has 7 heteroatoms. The predicted octanol–water partition coefficient (Wildman–Crippen LogP) is 2.67. The highest BCUT2D eigenvalue weighted by Gasteiger charge is 2.39.